The van der Waals surface area contributed by atoms with Crippen LogP contribution in [0.15, 0.2) is 18.5 Å². The third kappa shape index (κ3) is 3.02. The zero-order valence-corrected chi connectivity index (χ0v) is 13.4. The minimum atomic E-state index is 0.566. The zero-order chi connectivity index (χ0) is 16.4. The van der Waals surface area contributed by atoms with Gasteiger partial charge in [0.1, 0.15) is 5.52 Å². The lowest BCUT2D eigenvalue weighted by Gasteiger charge is -2.21. The molecule has 2 N–H and O–H groups in total. The number of H-pyrrole nitrogens is 1. The van der Waals surface area contributed by atoms with Gasteiger partial charge in [0.25, 0.3) is 0 Å². The molecule has 0 spiro atoms. The smallest absolute Gasteiger partial charge is 0.210 e. The number of hydrogen-bond acceptors (Lipinski definition) is 7. The van der Waals surface area contributed by atoms with Crippen LogP contribution in [0.25, 0.3) is 11.2 Å². The summed E-state index contributed by atoms with van der Waals surface area (Å²) in [5.74, 6) is 2.38. The summed E-state index contributed by atoms with van der Waals surface area (Å²) in [7, 11) is 1.58. The summed E-state index contributed by atoms with van der Waals surface area (Å²) >= 11 is 0. The maximum atomic E-state index is 5.42. The fraction of sp³-hybridized carbons (Fsp3) is 0.467. The highest BCUT2D eigenvalue weighted by atomic mass is 16.5. The molecule has 4 rings (SSSR count). The Labute approximate surface area is 138 Å². The summed E-state index contributed by atoms with van der Waals surface area (Å²) in [6.07, 6.45) is 5.53. The second-order valence-corrected chi connectivity index (χ2v) is 5.79. The molecule has 0 radical (unpaired) electrons. The molecule has 9 nitrogen and oxygen atoms in total. The fourth-order valence-electron chi connectivity index (χ4n) is 2.82. The molecule has 0 amide bonds. The van der Waals surface area contributed by atoms with Gasteiger partial charge in [0.2, 0.25) is 5.88 Å². The summed E-state index contributed by atoms with van der Waals surface area (Å²) in [5, 5.41) is 14.4. The minimum Gasteiger partial charge on any atom is -0.481 e. The van der Waals surface area contributed by atoms with Crippen molar-refractivity contribution in [2.45, 2.75) is 19.4 Å². The second-order valence-electron chi connectivity index (χ2n) is 5.79. The topological polar surface area (TPSA) is 103 Å². The van der Waals surface area contributed by atoms with Crippen LogP contribution >= 0.6 is 0 Å². The van der Waals surface area contributed by atoms with Crippen LogP contribution < -0.4 is 10.1 Å². The Hall–Kier alpha value is -2.68. The number of ether oxygens (including phenoxy) is 2. The summed E-state index contributed by atoms with van der Waals surface area (Å²) in [4.78, 5) is 9.05. The molecular weight excluding hydrogens is 310 g/mol. The quantitative estimate of drug-likeness (QED) is 0.734. The van der Waals surface area contributed by atoms with Gasteiger partial charge in [-0.05, 0) is 18.8 Å². The van der Waals surface area contributed by atoms with Gasteiger partial charge in [0, 0.05) is 25.8 Å². The molecule has 0 bridgehead atoms. The van der Waals surface area contributed by atoms with E-state index in [1.165, 1.54) is 0 Å². The van der Waals surface area contributed by atoms with Crippen LogP contribution in [0.4, 0.5) is 11.6 Å². The highest BCUT2D eigenvalue weighted by Crippen LogP contribution is 2.21. The van der Waals surface area contributed by atoms with E-state index < -0.39 is 0 Å². The normalized spacial score (nSPS) is 15.7. The summed E-state index contributed by atoms with van der Waals surface area (Å²) < 4.78 is 12.4. The van der Waals surface area contributed by atoms with Crippen LogP contribution in [-0.2, 0) is 11.3 Å². The Morgan fingerprint density at radius 2 is 2.21 bits per heavy atom. The molecule has 24 heavy (non-hydrogen) atoms. The number of methoxy groups -OCH3 is 1. The van der Waals surface area contributed by atoms with E-state index in [0.29, 0.717) is 23.4 Å². The first kappa shape index (κ1) is 14.9. The maximum Gasteiger partial charge on any atom is 0.210 e. The van der Waals surface area contributed by atoms with E-state index in [0.717, 1.165) is 43.8 Å². The van der Waals surface area contributed by atoms with Crippen molar-refractivity contribution in [1.82, 2.24) is 29.9 Å². The standard InChI is InChI=1S/C15H19N7O2/c1-23-14-6-12(20-21-14)18-13-8-16-11-7-17-22(15(11)19-13)9-10-2-4-24-5-3-10/h6-8,10H,2-5,9H2,1H3,(H2,18,19,20,21). The highest BCUT2D eigenvalue weighted by molar-refractivity contribution is 5.71. The highest BCUT2D eigenvalue weighted by Gasteiger charge is 2.17. The molecule has 1 saturated heterocycles. The van der Waals surface area contributed by atoms with Crippen molar-refractivity contribution in [2.75, 3.05) is 25.6 Å². The van der Waals surface area contributed by atoms with Gasteiger partial charge in [0.15, 0.2) is 17.3 Å². The average molecular weight is 329 g/mol. The van der Waals surface area contributed by atoms with Gasteiger partial charge in [-0.15, -0.1) is 0 Å². The van der Waals surface area contributed by atoms with Crippen molar-refractivity contribution < 1.29 is 9.47 Å². The van der Waals surface area contributed by atoms with Crippen molar-refractivity contribution >= 4 is 22.8 Å². The molecule has 4 heterocycles. The average Bonchev–Trinajstić information content (AvgIpc) is 3.23. The van der Waals surface area contributed by atoms with Crippen molar-refractivity contribution in [3.8, 4) is 5.88 Å². The molecule has 0 atom stereocenters. The van der Waals surface area contributed by atoms with Crippen LogP contribution in [0, 0.1) is 5.92 Å². The molecule has 3 aromatic heterocycles. The summed E-state index contributed by atoms with van der Waals surface area (Å²) in [5.41, 5.74) is 1.56. The molecule has 0 unspecified atom stereocenters. The molecular formula is C15H19N7O2. The number of nitrogens with one attached hydrogen (secondary N) is 2. The zero-order valence-electron chi connectivity index (χ0n) is 13.4. The van der Waals surface area contributed by atoms with Crippen LogP contribution in [0.3, 0.4) is 0 Å². The Morgan fingerprint density at radius 3 is 3.00 bits per heavy atom. The van der Waals surface area contributed by atoms with Crippen LogP contribution in [0.5, 0.6) is 5.88 Å². The summed E-state index contributed by atoms with van der Waals surface area (Å²) in [6.45, 7) is 2.48. The van der Waals surface area contributed by atoms with E-state index in [-0.39, 0.29) is 0 Å². The third-order valence-electron chi connectivity index (χ3n) is 4.15. The van der Waals surface area contributed by atoms with E-state index in [2.05, 4.69) is 30.6 Å². The number of nitrogens with zero attached hydrogens (tertiary/aromatic N) is 5. The maximum absolute atomic E-state index is 5.42. The largest absolute Gasteiger partial charge is 0.481 e. The van der Waals surface area contributed by atoms with Crippen molar-refractivity contribution in [2.24, 2.45) is 5.92 Å². The molecule has 1 aliphatic heterocycles. The minimum absolute atomic E-state index is 0.566. The fourth-order valence-corrected chi connectivity index (χ4v) is 2.82. The van der Waals surface area contributed by atoms with E-state index in [1.807, 2.05) is 4.68 Å². The number of fused-ring (bicyclic) bond motifs is 1. The van der Waals surface area contributed by atoms with Crippen LogP contribution in [0.1, 0.15) is 12.8 Å². The van der Waals surface area contributed by atoms with Crippen molar-refractivity contribution in [3.05, 3.63) is 18.5 Å². The van der Waals surface area contributed by atoms with Crippen LogP contribution in [-0.4, -0.2) is 50.3 Å². The van der Waals surface area contributed by atoms with Gasteiger partial charge < -0.3 is 14.8 Å². The first-order valence-electron chi connectivity index (χ1n) is 7.94. The molecule has 3 aromatic rings. The Kier molecular flexibility index (Phi) is 3.99. The Balaban J connectivity index is 1.55. The Morgan fingerprint density at radius 1 is 1.33 bits per heavy atom. The predicted molar refractivity (Wildman–Crippen MR) is 87.3 cm³/mol. The first-order chi connectivity index (χ1) is 11.8. The summed E-state index contributed by atoms with van der Waals surface area (Å²) in [6, 6.07) is 1.76. The number of rotatable bonds is 5. The van der Waals surface area contributed by atoms with Gasteiger partial charge in [-0.25, -0.2) is 19.7 Å². The van der Waals surface area contributed by atoms with Gasteiger partial charge in [-0.1, -0.05) is 0 Å². The lowest BCUT2D eigenvalue weighted by molar-refractivity contribution is 0.0605. The molecule has 9 heteroatoms. The van der Waals surface area contributed by atoms with E-state index in [9.17, 15) is 0 Å². The van der Waals surface area contributed by atoms with Gasteiger partial charge >= 0.3 is 0 Å². The molecule has 0 aromatic carbocycles. The third-order valence-corrected chi connectivity index (χ3v) is 4.15. The lowest BCUT2D eigenvalue weighted by Crippen LogP contribution is -2.21. The van der Waals surface area contributed by atoms with Crippen LogP contribution in [0.2, 0.25) is 0 Å². The number of hydrogen-bond donors (Lipinski definition) is 2. The lowest BCUT2D eigenvalue weighted by atomic mass is 10.0. The van der Waals surface area contributed by atoms with Gasteiger partial charge in [-0.3, -0.25) is 0 Å². The molecule has 0 saturated carbocycles. The molecule has 1 aliphatic rings. The first-order valence-corrected chi connectivity index (χ1v) is 7.94. The predicted octanol–water partition coefficient (Wildman–Crippen LogP) is 1.73. The molecule has 0 aliphatic carbocycles. The van der Waals surface area contributed by atoms with Gasteiger partial charge in [-0.2, -0.15) is 10.2 Å². The second kappa shape index (κ2) is 6.44. The van der Waals surface area contributed by atoms with Gasteiger partial charge in [0.05, 0.1) is 19.5 Å². The number of aromatic nitrogens is 6. The van der Waals surface area contributed by atoms with E-state index in [4.69, 9.17) is 9.47 Å². The molecule has 126 valence electrons. The van der Waals surface area contributed by atoms with Crippen molar-refractivity contribution in [3.63, 3.8) is 0 Å². The monoisotopic (exact) mass is 329 g/mol. The number of anilines is 2. The molecule has 1 fully saturated rings. The van der Waals surface area contributed by atoms with Crippen molar-refractivity contribution in [1.29, 1.82) is 0 Å². The Bertz CT molecular complexity index is 822. The van der Waals surface area contributed by atoms with E-state index in [1.54, 1.807) is 25.6 Å². The SMILES string of the molecule is COc1cc(Nc2cnc3cnn(CC4CCOCC4)c3n2)n[nH]1. The number of aromatic amines is 1. The van der Waals surface area contributed by atoms with E-state index >= 15 is 0 Å².